The lowest BCUT2D eigenvalue weighted by Crippen LogP contribution is -1.96. The molecule has 4 aromatic rings. The van der Waals surface area contributed by atoms with Crippen molar-refractivity contribution in [3.8, 4) is 33.9 Å². The van der Waals surface area contributed by atoms with Crippen molar-refractivity contribution < 1.29 is 9.47 Å². The Kier molecular flexibility index (Phi) is 4.74. The highest BCUT2D eigenvalue weighted by Gasteiger charge is 2.17. The molecule has 0 bridgehead atoms. The number of pyridine rings is 1. The van der Waals surface area contributed by atoms with E-state index in [1.807, 2.05) is 18.2 Å². The van der Waals surface area contributed by atoms with Crippen LogP contribution in [0.25, 0.3) is 33.2 Å². The van der Waals surface area contributed by atoms with Crippen molar-refractivity contribution in [1.82, 2.24) is 4.98 Å². The Morgan fingerprint density at radius 2 is 1.39 bits per heavy atom. The van der Waals surface area contributed by atoms with Gasteiger partial charge in [0, 0.05) is 22.2 Å². The van der Waals surface area contributed by atoms with Crippen LogP contribution in [0.2, 0.25) is 0 Å². The van der Waals surface area contributed by atoms with E-state index in [0.717, 1.165) is 50.3 Å². The van der Waals surface area contributed by atoms with Gasteiger partial charge in [0.15, 0.2) is 0 Å². The van der Waals surface area contributed by atoms with Crippen LogP contribution in [0.4, 0.5) is 0 Å². The second-order valence-electron chi connectivity index (χ2n) is 6.93. The van der Waals surface area contributed by atoms with Gasteiger partial charge in [-0.1, -0.05) is 42.0 Å². The van der Waals surface area contributed by atoms with Gasteiger partial charge in [0.25, 0.3) is 0 Å². The van der Waals surface area contributed by atoms with Crippen LogP contribution in [-0.4, -0.2) is 19.2 Å². The molecule has 0 aliphatic carbocycles. The van der Waals surface area contributed by atoms with E-state index in [0.29, 0.717) is 0 Å². The summed E-state index contributed by atoms with van der Waals surface area (Å²) in [7, 11) is 3.38. The van der Waals surface area contributed by atoms with Gasteiger partial charge in [0.2, 0.25) is 0 Å². The van der Waals surface area contributed by atoms with Gasteiger partial charge in [-0.15, -0.1) is 0 Å². The average Bonchev–Trinajstić information content (AvgIpc) is 2.73. The number of ether oxygens (including phenoxy) is 2. The molecule has 3 heteroatoms. The van der Waals surface area contributed by atoms with Crippen LogP contribution in [0, 0.1) is 13.8 Å². The number of aromatic nitrogens is 1. The molecule has 3 nitrogen and oxygen atoms in total. The maximum Gasteiger partial charge on any atom is 0.119 e. The fourth-order valence-corrected chi connectivity index (χ4v) is 3.58. The fraction of sp³-hybridized carbons (Fsp3) is 0.160. The molecule has 0 aliphatic rings. The predicted molar refractivity (Wildman–Crippen MR) is 115 cm³/mol. The van der Waals surface area contributed by atoms with Crippen molar-refractivity contribution in [2.24, 2.45) is 0 Å². The minimum Gasteiger partial charge on any atom is -0.497 e. The molecule has 1 aromatic heterocycles. The Hall–Kier alpha value is -3.33. The zero-order valence-electron chi connectivity index (χ0n) is 16.6. The molecule has 0 amide bonds. The molecule has 0 aliphatic heterocycles. The first-order valence-electron chi connectivity index (χ1n) is 9.30. The molecule has 0 saturated carbocycles. The van der Waals surface area contributed by atoms with Crippen LogP contribution in [0.5, 0.6) is 11.5 Å². The summed E-state index contributed by atoms with van der Waals surface area (Å²) < 4.78 is 11.0. The minimum atomic E-state index is 0.823. The smallest absolute Gasteiger partial charge is 0.119 e. The van der Waals surface area contributed by atoms with Gasteiger partial charge < -0.3 is 9.47 Å². The van der Waals surface area contributed by atoms with E-state index in [2.05, 4.69) is 62.4 Å². The summed E-state index contributed by atoms with van der Waals surface area (Å²) in [4.78, 5) is 5.01. The van der Waals surface area contributed by atoms with Crippen molar-refractivity contribution >= 4 is 10.8 Å². The Morgan fingerprint density at radius 3 is 2.11 bits per heavy atom. The zero-order valence-corrected chi connectivity index (χ0v) is 16.6. The lowest BCUT2D eigenvalue weighted by Gasteiger charge is -2.16. The second-order valence-corrected chi connectivity index (χ2v) is 6.93. The van der Waals surface area contributed by atoms with Gasteiger partial charge in [-0.05, 0) is 55.1 Å². The van der Waals surface area contributed by atoms with Crippen LogP contribution >= 0.6 is 0 Å². The molecule has 140 valence electrons. The summed E-state index contributed by atoms with van der Waals surface area (Å²) in [5.74, 6) is 1.65. The number of aryl methyl sites for hydroxylation is 2. The Labute approximate surface area is 165 Å². The summed E-state index contributed by atoms with van der Waals surface area (Å²) in [6.07, 6.45) is 0. The number of methoxy groups -OCH3 is 2. The van der Waals surface area contributed by atoms with Gasteiger partial charge in [-0.25, -0.2) is 0 Å². The number of hydrogen-bond acceptors (Lipinski definition) is 3. The highest BCUT2D eigenvalue weighted by Crippen LogP contribution is 2.40. The number of hydrogen-bond donors (Lipinski definition) is 0. The third-order valence-corrected chi connectivity index (χ3v) is 5.09. The third-order valence-electron chi connectivity index (χ3n) is 5.09. The molecule has 0 unspecified atom stereocenters. The van der Waals surface area contributed by atoms with E-state index < -0.39 is 0 Å². The molecular weight excluding hydrogens is 346 g/mol. The molecule has 3 aromatic carbocycles. The molecule has 0 spiro atoms. The Balaban J connectivity index is 2.11. The topological polar surface area (TPSA) is 31.4 Å². The van der Waals surface area contributed by atoms with Crippen LogP contribution in [0.1, 0.15) is 11.3 Å². The third kappa shape index (κ3) is 3.20. The van der Waals surface area contributed by atoms with Gasteiger partial charge >= 0.3 is 0 Å². The largest absolute Gasteiger partial charge is 0.497 e. The monoisotopic (exact) mass is 369 g/mol. The van der Waals surface area contributed by atoms with Crippen LogP contribution in [0.15, 0.2) is 66.7 Å². The van der Waals surface area contributed by atoms with Gasteiger partial charge in [-0.3, -0.25) is 4.98 Å². The maximum absolute atomic E-state index is 5.51. The lowest BCUT2D eigenvalue weighted by atomic mass is 9.92. The Bertz CT molecular complexity index is 1150. The SMILES string of the molecule is COc1cccc(-c2c(-c3ccc(C)cc3)nc(C)c3ccc(OC)cc23)c1. The molecule has 1 heterocycles. The molecule has 4 rings (SSSR count). The highest BCUT2D eigenvalue weighted by atomic mass is 16.5. The average molecular weight is 369 g/mol. The van der Waals surface area contributed by atoms with Gasteiger partial charge in [-0.2, -0.15) is 0 Å². The second kappa shape index (κ2) is 7.35. The first-order chi connectivity index (χ1) is 13.6. The number of benzene rings is 3. The van der Waals surface area contributed by atoms with Crippen LogP contribution in [0.3, 0.4) is 0 Å². The Morgan fingerprint density at radius 1 is 0.679 bits per heavy atom. The van der Waals surface area contributed by atoms with Crippen LogP contribution < -0.4 is 9.47 Å². The van der Waals surface area contributed by atoms with E-state index in [1.165, 1.54) is 5.56 Å². The molecule has 0 fully saturated rings. The molecule has 0 atom stereocenters. The lowest BCUT2D eigenvalue weighted by molar-refractivity contribution is 0.415. The predicted octanol–water partition coefficient (Wildman–Crippen LogP) is 6.20. The van der Waals surface area contributed by atoms with Gasteiger partial charge in [0.05, 0.1) is 19.9 Å². The molecule has 28 heavy (non-hydrogen) atoms. The fourth-order valence-electron chi connectivity index (χ4n) is 3.58. The van der Waals surface area contributed by atoms with Crippen molar-refractivity contribution in [1.29, 1.82) is 0 Å². The minimum absolute atomic E-state index is 0.823. The van der Waals surface area contributed by atoms with E-state index in [9.17, 15) is 0 Å². The van der Waals surface area contributed by atoms with Crippen molar-refractivity contribution in [3.63, 3.8) is 0 Å². The van der Waals surface area contributed by atoms with E-state index in [1.54, 1.807) is 14.2 Å². The van der Waals surface area contributed by atoms with E-state index >= 15 is 0 Å². The number of nitrogens with zero attached hydrogens (tertiary/aromatic N) is 1. The number of rotatable bonds is 4. The van der Waals surface area contributed by atoms with Crippen LogP contribution in [-0.2, 0) is 0 Å². The standard InChI is InChI=1S/C25H23NO2/c1-16-8-10-18(11-9-16)25-24(19-6-5-7-20(14-19)27-3)23-15-21(28-4)12-13-22(23)17(2)26-25/h5-15H,1-4H3. The molecule has 0 radical (unpaired) electrons. The normalized spacial score (nSPS) is 10.9. The van der Waals surface area contributed by atoms with Crippen molar-refractivity contribution in [2.75, 3.05) is 14.2 Å². The molecule has 0 N–H and O–H groups in total. The summed E-state index contributed by atoms with van der Waals surface area (Å²) in [5.41, 5.74) is 6.44. The van der Waals surface area contributed by atoms with Crippen molar-refractivity contribution in [2.45, 2.75) is 13.8 Å². The number of fused-ring (bicyclic) bond motifs is 1. The molecular formula is C25H23NO2. The quantitative estimate of drug-likeness (QED) is 0.429. The van der Waals surface area contributed by atoms with E-state index in [-0.39, 0.29) is 0 Å². The summed E-state index contributed by atoms with van der Waals surface area (Å²) in [6.45, 7) is 4.15. The molecule has 0 saturated heterocycles. The first-order valence-corrected chi connectivity index (χ1v) is 9.30. The van der Waals surface area contributed by atoms with E-state index in [4.69, 9.17) is 14.5 Å². The summed E-state index contributed by atoms with van der Waals surface area (Å²) in [6, 6.07) is 22.8. The maximum atomic E-state index is 5.51. The zero-order chi connectivity index (χ0) is 19.7. The first kappa shape index (κ1) is 18.1. The van der Waals surface area contributed by atoms with Crippen molar-refractivity contribution in [3.05, 3.63) is 78.0 Å². The summed E-state index contributed by atoms with van der Waals surface area (Å²) >= 11 is 0. The summed E-state index contributed by atoms with van der Waals surface area (Å²) in [5, 5.41) is 2.24. The highest BCUT2D eigenvalue weighted by molar-refractivity contribution is 6.04. The van der Waals surface area contributed by atoms with Gasteiger partial charge in [0.1, 0.15) is 11.5 Å².